The lowest BCUT2D eigenvalue weighted by Crippen LogP contribution is -2.33. The number of aromatic nitrogens is 1. The monoisotopic (exact) mass is 192 g/mol. The number of pyridine rings is 1. The van der Waals surface area contributed by atoms with Crippen LogP contribution in [0.25, 0.3) is 0 Å². The SMILES string of the molecule is CC(C)C(C)N[C@@H](C)c1ccccn1. The first-order chi connectivity index (χ1) is 6.61. The molecule has 2 atom stereocenters. The molecule has 1 heterocycles. The Kier molecular flexibility index (Phi) is 4.08. The molecule has 0 radical (unpaired) electrons. The highest BCUT2D eigenvalue weighted by Gasteiger charge is 2.12. The summed E-state index contributed by atoms with van der Waals surface area (Å²) < 4.78 is 0. The molecule has 0 fully saturated rings. The summed E-state index contributed by atoms with van der Waals surface area (Å²) in [4.78, 5) is 4.33. The molecule has 0 aliphatic heterocycles. The van der Waals surface area contributed by atoms with Gasteiger partial charge < -0.3 is 5.32 Å². The Balaban J connectivity index is 2.55. The minimum absolute atomic E-state index is 0.327. The first-order valence-corrected chi connectivity index (χ1v) is 5.28. The van der Waals surface area contributed by atoms with Crippen molar-refractivity contribution in [3.8, 4) is 0 Å². The van der Waals surface area contributed by atoms with Crippen LogP contribution in [0.1, 0.15) is 39.4 Å². The normalized spacial score (nSPS) is 15.5. The highest BCUT2D eigenvalue weighted by molar-refractivity contribution is 5.07. The van der Waals surface area contributed by atoms with Crippen molar-refractivity contribution in [3.05, 3.63) is 30.1 Å². The lowest BCUT2D eigenvalue weighted by molar-refractivity contribution is 0.385. The van der Waals surface area contributed by atoms with Crippen LogP contribution in [-0.4, -0.2) is 11.0 Å². The largest absolute Gasteiger partial charge is 0.306 e. The second-order valence-corrected chi connectivity index (χ2v) is 4.18. The summed E-state index contributed by atoms with van der Waals surface area (Å²) in [7, 11) is 0. The van der Waals surface area contributed by atoms with Gasteiger partial charge in [0.2, 0.25) is 0 Å². The Bertz CT molecular complexity index is 256. The molecule has 0 aromatic carbocycles. The molecule has 1 aromatic rings. The Hall–Kier alpha value is -0.890. The van der Waals surface area contributed by atoms with Crippen LogP contribution in [0.4, 0.5) is 0 Å². The highest BCUT2D eigenvalue weighted by atomic mass is 15.0. The molecule has 0 saturated heterocycles. The van der Waals surface area contributed by atoms with Crippen LogP contribution in [0.5, 0.6) is 0 Å². The van der Waals surface area contributed by atoms with Crippen molar-refractivity contribution < 1.29 is 0 Å². The molecule has 0 aliphatic carbocycles. The Labute approximate surface area is 86.8 Å². The van der Waals surface area contributed by atoms with E-state index in [1.807, 2.05) is 18.3 Å². The third-order valence-corrected chi connectivity index (χ3v) is 2.64. The summed E-state index contributed by atoms with van der Waals surface area (Å²) in [5.74, 6) is 0.654. The number of hydrogen-bond donors (Lipinski definition) is 1. The van der Waals surface area contributed by atoms with Crippen molar-refractivity contribution in [3.63, 3.8) is 0 Å². The van der Waals surface area contributed by atoms with Crippen LogP contribution in [0.2, 0.25) is 0 Å². The number of nitrogens with one attached hydrogen (secondary N) is 1. The van der Waals surface area contributed by atoms with Gasteiger partial charge in [0.05, 0.1) is 5.69 Å². The summed E-state index contributed by atoms with van der Waals surface area (Å²) >= 11 is 0. The minimum atomic E-state index is 0.327. The molecule has 14 heavy (non-hydrogen) atoms. The summed E-state index contributed by atoms with van der Waals surface area (Å²) in [6, 6.07) is 6.88. The molecule has 1 rings (SSSR count). The van der Waals surface area contributed by atoms with E-state index in [4.69, 9.17) is 0 Å². The molecule has 1 N–H and O–H groups in total. The minimum Gasteiger partial charge on any atom is -0.306 e. The topological polar surface area (TPSA) is 24.9 Å². The molecule has 1 aromatic heterocycles. The number of nitrogens with zero attached hydrogens (tertiary/aromatic N) is 1. The number of rotatable bonds is 4. The van der Waals surface area contributed by atoms with Crippen molar-refractivity contribution >= 4 is 0 Å². The molecule has 2 heteroatoms. The smallest absolute Gasteiger partial charge is 0.0570 e. The Morgan fingerprint density at radius 3 is 2.36 bits per heavy atom. The molecule has 0 amide bonds. The van der Waals surface area contributed by atoms with Gasteiger partial charge >= 0.3 is 0 Å². The molecule has 2 nitrogen and oxygen atoms in total. The molecule has 0 bridgehead atoms. The Morgan fingerprint density at radius 2 is 1.86 bits per heavy atom. The van der Waals surface area contributed by atoms with Gasteiger partial charge in [-0.3, -0.25) is 4.98 Å². The van der Waals surface area contributed by atoms with Gasteiger partial charge in [-0.2, -0.15) is 0 Å². The zero-order chi connectivity index (χ0) is 10.6. The fourth-order valence-corrected chi connectivity index (χ4v) is 1.30. The lowest BCUT2D eigenvalue weighted by Gasteiger charge is -2.22. The molecule has 0 spiro atoms. The summed E-state index contributed by atoms with van der Waals surface area (Å²) in [5.41, 5.74) is 1.11. The van der Waals surface area contributed by atoms with Crippen LogP contribution in [0, 0.1) is 5.92 Å². The molecular formula is C12H20N2. The summed E-state index contributed by atoms with van der Waals surface area (Å²) in [6.45, 7) is 8.82. The average Bonchev–Trinajstić information content (AvgIpc) is 2.19. The second kappa shape index (κ2) is 5.11. The predicted octanol–water partition coefficient (Wildman–Crippen LogP) is 2.78. The van der Waals surface area contributed by atoms with Gasteiger partial charge in [-0.1, -0.05) is 19.9 Å². The van der Waals surface area contributed by atoms with Crippen LogP contribution in [0.15, 0.2) is 24.4 Å². The van der Waals surface area contributed by atoms with Gasteiger partial charge in [0.1, 0.15) is 0 Å². The first kappa shape index (κ1) is 11.2. The van der Waals surface area contributed by atoms with E-state index >= 15 is 0 Å². The fourth-order valence-electron chi connectivity index (χ4n) is 1.30. The molecule has 0 saturated carbocycles. The van der Waals surface area contributed by atoms with Crippen molar-refractivity contribution in [1.29, 1.82) is 0 Å². The first-order valence-electron chi connectivity index (χ1n) is 5.28. The quantitative estimate of drug-likeness (QED) is 0.793. The van der Waals surface area contributed by atoms with E-state index in [0.29, 0.717) is 18.0 Å². The number of hydrogen-bond acceptors (Lipinski definition) is 2. The van der Waals surface area contributed by atoms with Crippen LogP contribution in [-0.2, 0) is 0 Å². The van der Waals surface area contributed by atoms with Crippen LogP contribution in [0.3, 0.4) is 0 Å². The van der Waals surface area contributed by atoms with E-state index in [0.717, 1.165) is 5.69 Å². The van der Waals surface area contributed by atoms with Crippen molar-refractivity contribution in [2.24, 2.45) is 5.92 Å². The second-order valence-electron chi connectivity index (χ2n) is 4.18. The van der Waals surface area contributed by atoms with Gasteiger partial charge in [0.15, 0.2) is 0 Å². The van der Waals surface area contributed by atoms with Crippen LogP contribution < -0.4 is 5.32 Å². The third kappa shape index (κ3) is 3.11. The third-order valence-electron chi connectivity index (χ3n) is 2.64. The van der Waals surface area contributed by atoms with Crippen molar-refractivity contribution in [2.75, 3.05) is 0 Å². The van der Waals surface area contributed by atoms with Gasteiger partial charge in [-0.25, -0.2) is 0 Å². The van der Waals surface area contributed by atoms with E-state index in [1.54, 1.807) is 0 Å². The maximum absolute atomic E-state index is 4.33. The van der Waals surface area contributed by atoms with Crippen molar-refractivity contribution in [1.82, 2.24) is 10.3 Å². The predicted molar refractivity (Wildman–Crippen MR) is 60.1 cm³/mol. The molecule has 78 valence electrons. The van der Waals surface area contributed by atoms with E-state index in [9.17, 15) is 0 Å². The highest BCUT2D eigenvalue weighted by Crippen LogP contribution is 2.11. The lowest BCUT2D eigenvalue weighted by atomic mass is 10.0. The summed E-state index contributed by atoms with van der Waals surface area (Å²) in [5, 5.41) is 3.53. The average molecular weight is 192 g/mol. The van der Waals surface area contributed by atoms with Gasteiger partial charge in [0.25, 0.3) is 0 Å². The fraction of sp³-hybridized carbons (Fsp3) is 0.583. The zero-order valence-corrected chi connectivity index (χ0v) is 9.49. The molecule has 0 aliphatic rings. The standard InChI is InChI=1S/C12H20N2/c1-9(2)10(3)14-11(4)12-7-5-6-8-13-12/h5-11,14H,1-4H3/t10?,11-/m0/s1. The maximum Gasteiger partial charge on any atom is 0.0570 e. The van der Waals surface area contributed by atoms with Gasteiger partial charge in [0, 0.05) is 18.3 Å². The van der Waals surface area contributed by atoms with E-state index < -0.39 is 0 Å². The molecule has 1 unspecified atom stereocenters. The van der Waals surface area contributed by atoms with Crippen molar-refractivity contribution in [2.45, 2.75) is 39.8 Å². The Morgan fingerprint density at radius 1 is 1.14 bits per heavy atom. The summed E-state index contributed by atoms with van der Waals surface area (Å²) in [6.07, 6.45) is 1.84. The van der Waals surface area contributed by atoms with Gasteiger partial charge in [-0.15, -0.1) is 0 Å². The van der Waals surface area contributed by atoms with Crippen LogP contribution >= 0.6 is 0 Å². The van der Waals surface area contributed by atoms with Gasteiger partial charge in [-0.05, 0) is 31.9 Å². The maximum atomic E-state index is 4.33. The van der Waals surface area contributed by atoms with E-state index in [2.05, 4.69) is 44.1 Å². The molecular weight excluding hydrogens is 172 g/mol. The zero-order valence-electron chi connectivity index (χ0n) is 9.49. The van der Waals surface area contributed by atoms with E-state index in [1.165, 1.54) is 0 Å². The van der Waals surface area contributed by atoms with E-state index in [-0.39, 0.29) is 0 Å².